The van der Waals surface area contributed by atoms with Gasteiger partial charge in [0.1, 0.15) is 5.82 Å². The summed E-state index contributed by atoms with van der Waals surface area (Å²) in [6.07, 6.45) is 0.0578. The number of nitrogens with zero attached hydrogens (tertiary/aromatic N) is 2. The number of methoxy groups -OCH3 is 1. The first kappa shape index (κ1) is 32.2. The third kappa shape index (κ3) is 6.73. The molecular formula is C33H30ClF4N3O4. The van der Waals surface area contributed by atoms with E-state index in [-0.39, 0.29) is 35.9 Å². The number of ether oxygens (including phenoxy) is 1. The molecule has 0 saturated carbocycles. The van der Waals surface area contributed by atoms with Gasteiger partial charge in [-0.3, -0.25) is 14.6 Å². The second kappa shape index (κ2) is 13.0. The van der Waals surface area contributed by atoms with Gasteiger partial charge in [-0.05, 0) is 72.9 Å². The number of halogens is 5. The number of hydrogen-bond acceptors (Lipinski definition) is 5. The highest BCUT2D eigenvalue weighted by Crippen LogP contribution is 2.42. The molecule has 2 aliphatic heterocycles. The molecule has 7 nitrogen and oxygen atoms in total. The third-order valence-corrected chi connectivity index (χ3v) is 8.54. The molecule has 2 aromatic carbocycles. The van der Waals surface area contributed by atoms with Gasteiger partial charge in [0.2, 0.25) is 11.8 Å². The zero-order chi connectivity index (χ0) is 32.5. The Hall–Kier alpha value is -4.25. The number of carbonyl (C=O) groups is 3. The number of nitrogens with one attached hydrogen (secondary N) is 1. The number of benzene rings is 2. The minimum absolute atomic E-state index is 0.0179. The van der Waals surface area contributed by atoms with Crippen LogP contribution in [0.3, 0.4) is 0 Å². The molecule has 2 aliphatic rings. The van der Waals surface area contributed by atoms with Crippen molar-refractivity contribution in [1.82, 2.24) is 9.88 Å². The second-order valence-electron chi connectivity index (χ2n) is 11.1. The predicted molar refractivity (Wildman–Crippen MR) is 161 cm³/mol. The Morgan fingerprint density at radius 1 is 1.09 bits per heavy atom. The average molecular weight is 644 g/mol. The highest BCUT2D eigenvalue weighted by Gasteiger charge is 2.38. The van der Waals surface area contributed by atoms with E-state index in [4.69, 9.17) is 16.3 Å². The van der Waals surface area contributed by atoms with E-state index in [1.165, 1.54) is 12.0 Å². The molecule has 236 valence electrons. The van der Waals surface area contributed by atoms with Crippen LogP contribution in [0.2, 0.25) is 5.02 Å². The van der Waals surface area contributed by atoms with Crippen LogP contribution in [-0.4, -0.2) is 41.3 Å². The van der Waals surface area contributed by atoms with E-state index in [1.54, 1.807) is 36.5 Å². The lowest BCUT2D eigenvalue weighted by Crippen LogP contribution is -2.38. The zero-order valence-corrected chi connectivity index (χ0v) is 25.3. The smallest absolute Gasteiger partial charge is 0.417 e. The highest BCUT2D eigenvalue weighted by atomic mass is 35.5. The topological polar surface area (TPSA) is 88.6 Å². The van der Waals surface area contributed by atoms with Gasteiger partial charge in [-0.15, -0.1) is 0 Å². The summed E-state index contributed by atoms with van der Waals surface area (Å²) in [5.41, 5.74) is 0.440. The standard InChI is InChI=1S/C33H30ClF4N3O4/c1-18-5-3-4-6-27(41-14-12-20(17-28(41)42)29-23(33(36,37)38)8-9-24(34)30(29)35)26-16-19(11-13-39-26)22-15-21(32(44)45-2)7-10-25(22)40-31(18)43/h7-11,13,15-18,27H,3-6,12,14H2,1-2H3,(H,40,43)/t18-,27+/m1/s1. The molecule has 0 spiro atoms. The first-order chi connectivity index (χ1) is 21.4. The van der Waals surface area contributed by atoms with Crippen molar-refractivity contribution in [3.63, 3.8) is 0 Å². The minimum Gasteiger partial charge on any atom is -0.465 e. The number of fused-ring (bicyclic) bond motifs is 4. The molecule has 12 heteroatoms. The van der Waals surface area contributed by atoms with Crippen molar-refractivity contribution < 1.29 is 36.7 Å². The molecule has 0 unspecified atom stereocenters. The fourth-order valence-corrected chi connectivity index (χ4v) is 5.99. The molecule has 5 rings (SSSR count). The number of aromatic nitrogens is 1. The van der Waals surface area contributed by atoms with Gasteiger partial charge in [-0.25, -0.2) is 9.18 Å². The van der Waals surface area contributed by atoms with E-state index in [0.29, 0.717) is 54.3 Å². The van der Waals surface area contributed by atoms with E-state index >= 15 is 4.39 Å². The van der Waals surface area contributed by atoms with Crippen molar-refractivity contribution in [2.45, 2.75) is 51.2 Å². The number of carbonyl (C=O) groups excluding carboxylic acids is 3. The highest BCUT2D eigenvalue weighted by molar-refractivity contribution is 6.31. The molecular weight excluding hydrogens is 614 g/mol. The van der Waals surface area contributed by atoms with Gasteiger partial charge in [-0.2, -0.15) is 13.2 Å². The molecule has 1 N–H and O–H groups in total. The first-order valence-electron chi connectivity index (χ1n) is 14.4. The number of hydrogen-bond donors (Lipinski definition) is 1. The Morgan fingerprint density at radius 2 is 1.84 bits per heavy atom. The molecule has 45 heavy (non-hydrogen) atoms. The van der Waals surface area contributed by atoms with Crippen LogP contribution in [0.15, 0.2) is 54.7 Å². The molecule has 0 radical (unpaired) electrons. The lowest BCUT2D eigenvalue weighted by Gasteiger charge is -2.34. The van der Waals surface area contributed by atoms with Gasteiger partial charge in [0.25, 0.3) is 0 Å². The number of amides is 2. The Bertz CT molecular complexity index is 1690. The van der Waals surface area contributed by atoms with E-state index < -0.39 is 46.1 Å². The SMILES string of the molecule is COC(=O)c1ccc2c(c1)-c1ccnc(c1)[C@@H](N1CCC(c3c(C(F)(F)F)ccc(Cl)c3F)=CC1=O)CCCC[C@@H](C)C(=O)N2. The van der Waals surface area contributed by atoms with E-state index in [2.05, 4.69) is 10.3 Å². The quantitative estimate of drug-likeness (QED) is 0.232. The molecule has 3 aromatic rings. The fraction of sp³-hybridized carbons (Fsp3) is 0.333. The average Bonchev–Trinajstić information content (AvgIpc) is 3.01. The van der Waals surface area contributed by atoms with Crippen LogP contribution in [-0.2, 0) is 20.5 Å². The van der Waals surface area contributed by atoms with Crippen LogP contribution < -0.4 is 5.32 Å². The van der Waals surface area contributed by atoms with Crippen molar-refractivity contribution in [3.8, 4) is 11.1 Å². The van der Waals surface area contributed by atoms with Crippen molar-refractivity contribution in [2.75, 3.05) is 19.0 Å². The first-order valence-corrected chi connectivity index (χ1v) is 14.8. The molecule has 0 fully saturated rings. The van der Waals surface area contributed by atoms with Crippen LogP contribution in [0, 0.1) is 11.7 Å². The van der Waals surface area contributed by atoms with Crippen molar-refractivity contribution in [1.29, 1.82) is 0 Å². The second-order valence-corrected chi connectivity index (χ2v) is 11.6. The molecule has 2 bridgehead atoms. The Morgan fingerprint density at radius 3 is 2.56 bits per heavy atom. The van der Waals surface area contributed by atoms with Crippen LogP contribution in [0.4, 0.5) is 23.2 Å². The van der Waals surface area contributed by atoms with Crippen LogP contribution in [0.5, 0.6) is 0 Å². The van der Waals surface area contributed by atoms with Crippen LogP contribution in [0.25, 0.3) is 16.7 Å². The lowest BCUT2D eigenvalue weighted by atomic mass is 9.91. The number of pyridine rings is 1. The Labute approximate surface area is 262 Å². The fourth-order valence-electron chi connectivity index (χ4n) is 5.84. The van der Waals surface area contributed by atoms with E-state index in [0.717, 1.165) is 12.1 Å². The van der Waals surface area contributed by atoms with Crippen molar-refractivity contribution in [2.24, 2.45) is 5.92 Å². The number of esters is 1. The summed E-state index contributed by atoms with van der Waals surface area (Å²) in [5.74, 6) is -2.86. The molecule has 2 atom stereocenters. The summed E-state index contributed by atoms with van der Waals surface area (Å²) in [5, 5.41) is 2.49. The van der Waals surface area contributed by atoms with Crippen molar-refractivity contribution >= 4 is 40.6 Å². The maximum Gasteiger partial charge on any atom is 0.417 e. The normalized spacial score (nSPS) is 19.4. The summed E-state index contributed by atoms with van der Waals surface area (Å²) in [4.78, 5) is 45.0. The summed E-state index contributed by atoms with van der Waals surface area (Å²) >= 11 is 5.84. The number of alkyl halides is 3. The van der Waals surface area contributed by atoms with Gasteiger partial charge in [0.15, 0.2) is 0 Å². The molecule has 0 aliphatic carbocycles. The van der Waals surface area contributed by atoms with Gasteiger partial charge in [-0.1, -0.05) is 31.4 Å². The molecule has 3 heterocycles. The Balaban J connectivity index is 1.56. The summed E-state index contributed by atoms with van der Waals surface area (Å²) in [6, 6.07) is 9.29. The van der Waals surface area contributed by atoms with E-state index in [1.807, 2.05) is 6.92 Å². The zero-order valence-electron chi connectivity index (χ0n) is 24.5. The van der Waals surface area contributed by atoms with Gasteiger partial charge in [0.05, 0.1) is 35.0 Å². The van der Waals surface area contributed by atoms with Crippen LogP contribution >= 0.6 is 11.6 Å². The number of rotatable bonds is 3. The molecule has 1 aromatic heterocycles. The lowest BCUT2D eigenvalue weighted by molar-refractivity contribution is -0.138. The van der Waals surface area contributed by atoms with Gasteiger partial charge >= 0.3 is 12.1 Å². The summed E-state index contributed by atoms with van der Waals surface area (Å²) in [7, 11) is 1.27. The van der Waals surface area contributed by atoms with Gasteiger partial charge in [0, 0.05) is 41.5 Å². The van der Waals surface area contributed by atoms with Crippen molar-refractivity contribution in [3.05, 3.63) is 88.0 Å². The Kier molecular flexibility index (Phi) is 9.29. The van der Waals surface area contributed by atoms with Crippen LogP contribution in [0.1, 0.15) is 72.2 Å². The van der Waals surface area contributed by atoms with E-state index in [9.17, 15) is 27.6 Å². The molecule has 0 saturated heterocycles. The monoisotopic (exact) mass is 643 g/mol. The maximum absolute atomic E-state index is 15.0. The predicted octanol–water partition coefficient (Wildman–Crippen LogP) is 7.85. The largest absolute Gasteiger partial charge is 0.465 e. The van der Waals surface area contributed by atoms with Gasteiger partial charge < -0.3 is 15.0 Å². The number of anilines is 1. The third-order valence-electron chi connectivity index (χ3n) is 8.24. The minimum atomic E-state index is -4.85. The molecule has 2 amide bonds. The summed E-state index contributed by atoms with van der Waals surface area (Å²) < 4.78 is 61.3. The maximum atomic E-state index is 15.0. The summed E-state index contributed by atoms with van der Waals surface area (Å²) in [6.45, 7) is 1.84.